The Balaban J connectivity index is 1.92. The molecule has 0 saturated carbocycles. The van der Waals surface area contributed by atoms with Crippen molar-refractivity contribution in [3.05, 3.63) is 75.0 Å². The Kier molecular flexibility index (Phi) is 3.62. The maximum Gasteiger partial charge on any atom is 0.298 e. The van der Waals surface area contributed by atoms with Crippen LogP contribution in [-0.4, -0.2) is 20.9 Å². The molecule has 25 heavy (non-hydrogen) atoms. The van der Waals surface area contributed by atoms with Crippen LogP contribution in [0.5, 0.6) is 0 Å². The van der Waals surface area contributed by atoms with Crippen molar-refractivity contribution in [2.24, 2.45) is 5.10 Å². The van der Waals surface area contributed by atoms with Gasteiger partial charge in [-0.05, 0) is 31.2 Å². The Morgan fingerprint density at radius 1 is 1.28 bits per heavy atom. The molecule has 0 atom stereocenters. The number of aromatic nitrogens is 3. The third-order valence-corrected chi connectivity index (χ3v) is 4.17. The number of aromatic amines is 1. The molecule has 4 aromatic rings. The molecule has 0 spiro atoms. The second-order valence-electron chi connectivity index (χ2n) is 5.58. The number of hydrogen-bond donors (Lipinski definition) is 1. The fourth-order valence-corrected chi connectivity index (χ4v) is 2.89. The molecule has 2 aromatic carbocycles. The van der Waals surface area contributed by atoms with Gasteiger partial charge in [0.2, 0.25) is 0 Å². The van der Waals surface area contributed by atoms with E-state index in [-0.39, 0.29) is 11.1 Å². The molecule has 0 saturated heterocycles. The van der Waals surface area contributed by atoms with E-state index < -0.39 is 5.82 Å². The third-order valence-electron chi connectivity index (χ3n) is 3.94. The number of nitrogens with one attached hydrogen (secondary N) is 1. The van der Waals surface area contributed by atoms with Crippen molar-refractivity contribution >= 4 is 39.8 Å². The summed E-state index contributed by atoms with van der Waals surface area (Å²) in [5.41, 5.74) is 1.56. The average Bonchev–Trinajstić information content (AvgIpc) is 2.94. The van der Waals surface area contributed by atoms with Crippen molar-refractivity contribution in [2.45, 2.75) is 6.92 Å². The zero-order valence-electron chi connectivity index (χ0n) is 13.1. The molecule has 4 rings (SSSR count). The first-order chi connectivity index (χ1) is 12.0. The van der Waals surface area contributed by atoms with Crippen molar-refractivity contribution < 1.29 is 4.39 Å². The van der Waals surface area contributed by atoms with E-state index in [0.29, 0.717) is 21.9 Å². The lowest BCUT2D eigenvalue weighted by Gasteiger charge is -2.03. The van der Waals surface area contributed by atoms with E-state index in [9.17, 15) is 9.18 Å². The summed E-state index contributed by atoms with van der Waals surface area (Å²) in [5.74, 6) is -0.0165. The van der Waals surface area contributed by atoms with E-state index in [1.54, 1.807) is 43.3 Å². The van der Waals surface area contributed by atoms with Crippen molar-refractivity contribution in [2.75, 3.05) is 0 Å². The smallest absolute Gasteiger partial charge is 0.298 e. The molecule has 0 unspecified atom stereocenters. The SMILES string of the molecule is Cc1nc2c([nH]c3ccc(Cl)cc32)c(=O)n1/N=C\c1ccccc1F. The van der Waals surface area contributed by atoms with Crippen LogP contribution in [0.3, 0.4) is 0 Å². The van der Waals surface area contributed by atoms with Crippen LogP contribution in [0.15, 0.2) is 52.4 Å². The first-order valence-electron chi connectivity index (χ1n) is 7.54. The monoisotopic (exact) mass is 354 g/mol. The fraction of sp³-hybridized carbons (Fsp3) is 0.0556. The summed E-state index contributed by atoms with van der Waals surface area (Å²) in [7, 11) is 0. The summed E-state index contributed by atoms with van der Waals surface area (Å²) in [6.45, 7) is 1.67. The van der Waals surface area contributed by atoms with Gasteiger partial charge in [-0.3, -0.25) is 4.79 Å². The summed E-state index contributed by atoms with van der Waals surface area (Å²) in [4.78, 5) is 20.3. The van der Waals surface area contributed by atoms with Crippen LogP contribution < -0.4 is 5.56 Å². The number of rotatable bonds is 2. The molecule has 5 nitrogen and oxygen atoms in total. The normalized spacial score (nSPS) is 11.8. The Hall–Kier alpha value is -2.99. The van der Waals surface area contributed by atoms with Gasteiger partial charge in [0.05, 0.1) is 6.21 Å². The van der Waals surface area contributed by atoms with Crippen molar-refractivity contribution in [3.8, 4) is 0 Å². The molecule has 2 heterocycles. The molecule has 0 aliphatic carbocycles. The number of nitrogens with zero attached hydrogens (tertiary/aromatic N) is 3. The minimum atomic E-state index is -0.411. The van der Waals surface area contributed by atoms with Gasteiger partial charge in [0, 0.05) is 21.5 Å². The van der Waals surface area contributed by atoms with Crippen molar-refractivity contribution in [3.63, 3.8) is 0 Å². The molecule has 124 valence electrons. The molecule has 0 aliphatic heterocycles. The van der Waals surface area contributed by atoms with Gasteiger partial charge in [0.25, 0.3) is 5.56 Å². The third kappa shape index (κ3) is 2.60. The van der Waals surface area contributed by atoms with Gasteiger partial charge < -0.3 is 4.98 Å². The van der Waals surface area contributed by atoms with E-state index in [1.807, 2.05) is 0 Å². The van der Waals surface area contributed by atoms with Crippen molar-refractivity contribution in [1.82, 2.24) is 14.6 Å². The predicted molar refractivity (Wildman–Crippen MR) is 97.0 cm³/mol. The predicted octanol–water partition coefficient (Wildman–Crippen LogP) is 3.86. The highest BCUT2D eigenvalue weighted by atomic mass is 35.5. The van der Waals surface area contributed by atoms with E-state index in [1.165, 1.54) is 12.3 Å². The summed E-state index contributed by atoms with van der Waals surface area (Å²) >= 11 is 6.04. The molecule has 1 N–H and O–H groups in total. The molecule has 0 radical (unpaired) electrons. The van der Waals surface area contributed by atoms with Gasteiger partial charge in [-0.15, -0.1) is 0 Å². The Bertz CT molecular complexity index is 1210. The first kappa shape index (κ1) is 15.5. The minimum absolute atomic E-state index is 0.289. The fourth-order valence-electron chi connectivity index (χ4n) is 2.72. The highest BCUT2D eigenvalue weighted by molar-refractivity contribution is 6.31. The number of aryl methyl sites for hydroxylation is 1. The average molecular weight is 355 g/mol. The maximum absolute atomic E-state index is 13.7. The highest BCUT2D eigenvalue weighted by Crippen LogP contribution is 2.25. The summed E-state index contributed by atoms with van der Waals surface area (Å²) in [6.07, 6.45) is 1.30. The van der Waals surface area contributed by atoms with E-state index in [2.05, 4.69) is 15.1 Å². The lowest BCUT2D eigenvalue weighted by Crippen LogP contribution is -2.20. The van der Waals surface area contributed by atoms with E-state index >= 15 is 0 Å². The largest absolute Gasteiger partial charge is 0.349 e. The number of halogens is 2. The number of fused-ring (bicyclic) bond motifs is 3. The van der Waals surface area contributed by atoms with Crippen LogP contribution in [0.1, 0.15) is 11.4 Å². The van der Waals surface area contributed by atoms with Crippen LogP contribution in [0.4, 0.5) is 4.39 Å². The zero-order chi connectivity index (χ0) is 17.6. The number of hydrogen-bond acceptors (Lipinski definition) is 3. The first-order valence-corrected chi connectivity index (χ1v) is 7.92. The molecular formula is C18H12ClFN4O. The van der Waals surface area contributed by atoms with Crippen LogP contribution in [-0.2, 0) is 0 Å². The summed E-state index contributed by atoms with van der Waals surface area (Å²) in [6, 6.07) is 11.5. The van der Waals surface area contributed by atoms with E-state index in [4.69, 9.17) is 11.6 Å². The molecular weight excluding hydrogens is 343 g/mol. The van der Waals surface area contributed by atoms with Crippen LogP contribution >= 0.6 is 11.6 Å². The van der Waals surface area contributed by atoms with Crippen LogP contribution in [0, 0.1) is 12.7 Å². The number of benzene rings is 2. The summed E-state index contributed by atoms with van der Waals surface area (Å²) < 4.78 is 14.9. The second-order valence-corrected chi connectivity index (χ2v) is 6.02. The quantitative estimate of drug-likeness (QED) is 0.555. The topological polar surface area (TPSA) is 63.0 Å². The molecule has 7 heteroatoms. The van der Waals surface area contributed by atoms with Gasteiger partial charge in [0.1, 0.15) is 22.7 Å². The standard InChI is InChI=1S/C18H12ClFN4O/c1-10-22-16-13-8-12(19)6-7-15(13)23-17(16)18(25)24(10)21-9-11-4-2-3-5-14(11)20/h2-9,23H,1H3/b21-9-. The molecule has 0 bridgehead atoms. The molecule has 2 aromatic heterocycles. The van der Waals surface area contributed by atoms with Gasteiger partial charge >= 0.3 is 0 Å². The Morgan fingerprint density at radius 2 is 2.08 bits per heavy atom. The van der Waals surface area contributed by atoms with Gasteiger partial charge in [0.15, 0.2) is 0 Å². The van der Waals surface area contributed by atoms with E-state index in [0.717, 1.165) is 15.6 Å². The van der Waals surface area contributed by atoms with Gasteiger partial charge in [-0.25, -0.2) is 9.37 Å². The lowest BCUT2D eigenvalue weighted by molar-refractivity contribution is 0.625. The van der Waals surface area contributed by atoms with Crippen LogP contribution in [0.2, 0.25) is 5.02 Å². The Labute approximate surface area is 146 Å². The highest BCUT2D eigenvalue weighted by Gasteiger charge is 2.13. The molecule has 0 amide bonds. The second kappa shape index (κ2) is 5.82. The van der Waals surface area contributed by atoms with Gasteiger partial charge in [-0.2, -0.15) is 9.78 Å². The lowest BCUT2D eigenvalue weighted by atomic mass is 10.2. The summed E-state index contributed by atoms with van der Waals surface area (Å²) in [5, 5.41) is 5.44. The zero-order valence-corrected chi connectivity index (χ0v) is 13.9. The van der Waals surface area contributed by atoms with Crippen molar-refractivity contribution in [1.29, 1.82) is 0 Å². The van der Waals surface area contributed by atoms with Gasteiger partial charge in [-0.1, -0.05) is 29.8 Å². The number of H-pyrrole nitrogens is 1. The molecule has 0 aliphatic rings. The van der Waals surface area contributed by atoms with Crippen LogP contribution in [0.25, 0.3) is 21.9 Å². The molecule has 0 fully saturated rings. The maximum atomic E-state index is 13.7. The minimum Gasteiger partial charge on any atom is -0.349 e. The Morgan fingerprint density at radius 3 is 2.88 bits per heavy atom.